The zero-order valence-electron chi connectivity index (χ0n) is 18.8. The maximum Gasteiger partial charge on any atom is 0.253 e. The third-order valence-corrected chi connectivity index (χ3v) is 7.95. The van der Waals surface area contributed by atoms with Crippen LogP contribution in [0.25, 0.3) is 20.3 Å². The highest BCUT2D eigenvalue weighted by molar-refractivity contribution is 7.19. The number of nitrogens with zero attached hydrogens (tertiary/aromatic N) is 2. The fraction of sp³-hybridized carbons (Fsp3) is 0.360. The van der Waals surface area contributed by atoms with Crippen LogP contribution in [0.1, 0.15) is 26.5 Å². The van der Waals surface area contributed by atoms with E-state index in [2.05, 4.69) is 28.2 Å². The molecule has 0 radical (unpaired) electrons. The molecule has 0 spiro atoms. The van der Waals surface area contributed by atoms with Crippen LogP contribution in [0.4, 0.5) is 0 Å². The fourth-order valence-corrected chi connectivity index (χ4v) is 6.21. The molecule has 1 saturated heterocycles. The van der Waals surface area contributed by atoms with Crippen molar-refractivity contribution < 1.29 is 14.3 Å². The molecule has 1 aliphatic rings. The number of nitrogens with one attached hydrogen (secondary N) is 1. The van der Waals surface area contributed by atoms with Crippen molar-refractivity contribution in [2.24, 2.45) is 0 Å². The van der Waals surface area contributed by atoms with Crippen molar-refractivity contribution in [2.45, 2.75) is 20.3 Å². The molecule has 0 aliphatic carbocycles. The second kappa shape index (κ2) is 9.77. The number of fused-ring (bicyclic) bond motifs is 2. The summed E-state index contributed by atoms with van der Waals surface area (Å²) in [6, 6.07) is 9.93. The number of hydrogen-bond donors (Lipinski definition) is 1. The Morgan fingerprint density at radius 1 is 1.18 bits per heavy atom. The summed E-state index contributed by atoms with van der Waals surface area (Å²) >= 11 is 3.31. The predicted molar refractivity (Wildman–Crippen MR) is 135 cm³/mol. The molecule has 1 amide bonds. The minimum absolute atomic E-state index is 0.000649. The lowest BCUT2D eigenvalue weighted by atomic mass is 10.1. The molecule has 0 bridgehead atoms. The molecule has 1 aliphatic heterocycles. The third kappa shape index (κ3) is 4.89. The van der Waals surface area contributed by atoms with Crippen LogP contribution in [0, 0.1) is 13.8 Å². The van der Waals surface area contributed by atoms with Gasteiger partial charge < -0.3 is 14.8 Å². The first-order valence-electron chi connectivity index (χ1n) is 11.2. The second-order valence-electron chi connectivity index (χ2n) is 8.24. The quantitative estimate of drug-likeness (QED) is 0.360. The van der Waals surface area contributed by atoms with Crippen LogP contribution in [-0.4, -0.2) is 55.2 Å². The molecule has 4 aromatic rings. The Kier molecular flexibility index (Phi) is 6.59. The van der Waals surface area contributed by atoms with E-state index in [4.69, 9.17) is 9.47 Å². The molecule has 0 unspecified atom stereocenters. The molecule has 33 heavy (non-hydrogen) atoms. The molecule has 4 heterocycles. The molecular weight excluding hydrogens is 454 g/mol. The van der Waals surface area contributed by atoms with E-state index < -0.39 is 0 Å². The van der Waals surface area contributed by atoms with Gasteiger partial charge in [-0.25, -0.2) is 0 Å². The summed E-state index contributed by atoms with van der Waals surface area (Å²) in [4.78, 5) is 22.0. The van der Waals surface area contributed by atoms with Gasteiger partial charge in [0.25, 0.3) is 5.91 Å². The molecule has 0 saturated carbocycles. The van der Waals surface area contributed by atoms with Gasteiger partial charge in [0.2, 0.25) is 0 Å². The first-order chi connectivity index (χ1) is 16.1. The highest BCUT2D eigenvalue weighted by Crippen LogP contribution is 2.38. The number of amides is 1. The topological polar surface area (TPSA) is 63.7 Å². The molecule has 1 N–H and O–H groups in total. The van der Waals surface area contributed by atoms with Gasteiger partial charge in [0.05, 0.1) is 29.0 Å². The average molecular weight is 482 g/mol. The molecule has 1 fully saturated rings. The molecule has 172 valence electrons. The Balaban J connectivity index is 1.27. The first-order valence-corrected chi connectivity index (χ1v) is 12.9. The normalized spacial score (nSPS) is 14.7. The van der Waals surface area contributed by atoms with Crippen LogP contribution in [0.15, 0.2) is 36.5 Å². The minimum Gasteiger partial charge on any atom is -0.456 e. The van der Waals surface area contributed by atoms with Crippen molar-refractivity contribution in [1.29, 1.82) is 0 Å². The van der Waals surface area contributed by atoms with Crippen LogP contribution in [0.2, 0.25) is 0 Å². The molecular formula is C25H27N3O3S2. The van der Waals surface area contributed by atoms with Gasteiger partial charge in [0.15, 0.2) is 0 Å². The van der Waals surface area contributed by atoms with E-state index in [-0.39, 0.29) is 5.91 Å². The van der Waals surface area contributed by atoms with E-state index in [1.807, 2.05) is 31.2 Å². The van der Waals surface area contributed by atoms with E-state index in [1.165, 1.54) is 4.88 Å². The van der Waals surface area contributed by atoms with Crippen LogP contribution in [-0.2, 0) is 4.74 Å². The molecule has 1 aromatic carbocycles. The Hall–Kier alpha value is -2.52. The van der Waals surface area contributed by atoms with Crippen LogP contribution >= 0.6 is 22.7 Å². The van der Waals surface area contributed by atoms with Gasteiger partial charge in [-0.1, -0.05) is 0 Å². The monoisotopic (exact) mass is 481 g/mol. The predicted octanol–water partition coefficient (Wildman–Crippen LogP) is 5.37. The van der Waals surface area contributed by atoms with E-state index in [1.54, 1.807) is 28.9 Å². The smallest absolute Gasteiger partial charge is 0.253 e. The zero-order valence-corrected chi connectivity index (χ0v) is 20.5. The standard InChI is InChI=1S/C25H27N3O3S2/c1-16-14-20-24(32-16)21(6-8-26-20)31-18-4-5-19-22(15-18)33-17(2)23(19)25(29)27-7-3-9-28-10-12-30-13-11-28/h4-6,8,14-15H,3,7,9-13H2,1-2H3,(H,27,29). The lowest BCUT2D eigenvalue weighted by molar-refractivity contribution is 0.0374. The van der Waals surface area contributed by atoms with Gasteiger partial charge in [-0.15, -0.1) is 22.7 Å². The van der Waals surface area contributed by atoms with Crippen LogP contribution < -0.4 is 10.1 Å². The Morgan fingerprint density at radius 2 is 2.03 bits per heavy atom. The van der Waals surface area contributed by atoms with Crippen molar-refractivity contribution in [2.75, 3.05) is 39.4 Å². The molecule has 3 aromatic heterocycles. The third-order valence-electron chi connectivity index (χ3n) is 5.83. The SMILES string of the molecule is Cc1cc2nccc(Oc3ccc4c(C(=O)NCCCN5CCOCC5)c(C)sc4c3)c2s1. The number of benzene rings is 1. The zero-order chi connectivity index (χ0) is 22.8. The van der Waals surface area contributed by atoms with E-state index in [9.17, 15) is 4.79 Å². The lowest BCUT2D eigenvalue weighted by Gasteiger charge is -2.26. The summed E-state index contributed by atoms with van der Waals surface area (Å²) in [5.74, 6) is 1.57. The highest BCUT2D eigenvalue weighted by atomic mass is 32.1. The molecule has 0 atom stereocenters. The lowest BCUT2D eigenvalue weighted by Crippen LogP contribution is -2.38. The maximum absolute atomic E-state index is 12.9. The minimum atomic E-state index is -0.000649. The van der Waals surface area contributed by atoms with Crippen molar-refractivity contribution in [1.82, 2.24) is 15.2 Å². The Labute approximate surface area is 201 Å². The molecule has 6 nitrogen and oxygen atoms in total. The van der Waals surface area contributed by atoms with Gasteiger partial charge in [-0.3, -0.25) is 14.7 Å². The van der Waals surface area contributed by atoms with Crippen LogP contribution in [0.5, 0.6) is 11.5 Å². The number of carbonyl (C=O) groups is 1. The number of aromatic nitrogens is 1. The number of ether oxygens (including phenoxy) is 2. The number of carbonyl (C=O) groups excluding carboxylic acids is 1. The van der Waals surface area contributed by atoms with Gasteiger partial charge in [0, 0.05) is 51.7 Å². The maximum atomic E-state index is 12.9. The van der Waals surface area contributed by atoms with Crippen molar-refractivity contribution in [3.8, 4) is 11.5 Å². The summed E-state index contributed by atoms with van der Waals surface area (Å²) in [6.07, 6.45) is 2.71. The van der Waals surface area contributed by atoms with E-state index >= 15 is 0 Å². The van der Waals surface area contributed by atoms with Gasteiger partial charge in [-0.05, 0) is 51.1 Å². The van der Waals surface area contributed by atoms with E-state index in [0.29, 0.717) is 6.54 Å². The number of hydrogen-bond acceptors (Lipinski definition) is 7. The summed E-state index contributed by atoms with van der Waals surface area (Å²) < 4.78 is 13.7. The number of rotatable bonds is 7. The Morgan fingerprint density at radius 3 is 2.88 bits per heavy atom. The van der Waals surface area contributed by atoms with Crippen molar-refractivity contribution in [3.05, 3.63) is 51.8 Å². The fourth-order valence-electron chi connectivity index (χ4n) is 4.20. The van der Waals surface area contributed by atoms with Crippen molar-refractivity contribution >= 4 is 48.9 Å². The van der Waals surface area contributed by atoms with E-state index in [0.717, 1.165) is 81.5 Å². The highest BCUT2D eigenvalue weighted by Gasteiger charge is 2.18. The molecule has 5 rings (SSSR count). The summed E-state index contributed by atoms with van der Waals surface area (Å²) in [6.45, 7) is 9.30. The van der Waals surface area contributed by atoms with Gasteiger partial charge >= 0.3 is 0 Å². The first kappa shape index (κ1) is 22.3. The summed E-state index contributed by atoms with van der Waals surface area (Å²) in [5, 5.41) is 4.08. The van der Waals surface area contributed by atoms with Gasteiger partial charge in [0.1, 0.15) is 11.5 Å². The number of aryl methyl sites for hydroxylation is 2. The average Bonchev–Trinajstić information content (AvgIpc) is 3.35. The number of thiophene rings is 2. The second-order valence-corrected chi connectivity index (χ2v) is 10.7. The van der Waals surface area contributed by atoms with Crippen molar-refractivity contribution in [3.63, 3.8) is 0 Å². The number of pyridine rings is 1. The van der Waals surface area contributed by atoms with Crippen LogP contribution in [0.3, 0.4) is 0 Å². The summed E-state index contributed by atoms with van der Waals surface area (Å²) in [5.41, 5.74) is 1.73. The largest absolute Gasteiger partial charge is 0.456 e. The number of morpholine rings is 1. The Bertz CT molecular complexity index is 1290. The van der Waals surface area contributed by atoms with Gasteiger partial charge in [-0.2, -0.15) is 0 Å². The molecule has 8 heteroatoms. The summed E-state index contributed by atoms with van der Waals surface area (Å²) in [7, 11) is 0.